The molecule has 3 rings (SSSR count). The zero-order valence-corrected chi connectivity index (χ0v) is 18.9. The van der Waals surface area contributed by atoms with Gasteiger partial charge in [0.05, 0.1) is 25.9 Å². The fraction of sp³-hybridized carbons (Fsp3) is 0.381. The molecule has 1 aliphatic heterocycles. The lowest BCUT2D eigenvalue weighted by molar-refractivity contribution is 0.240. The van der Waals surface area contributed by atoms with E-state index in [1.165, 1.54) is 0 Å². The topological polar surface area (TPSA) is 78.1 Å². The number of hydrogen-bond donors (Lipinski definition) is 2. The molecule has 6 nitrogen and oxygen atoms in total. The second-order valence-corrected chi connectivity index (χ2v) is 6.82. The molecule has 0 atom stereocenters. The highest BCUT2D eigenvalue weighted by atomic mass is 127. The quantitative estimate of drug-likeness (QED) is 0.362. The van der Waals surface area contributed by atoms with E-state index in [0.29, 0.717) is 25.7 Å². The van der Waals surface area contributed by atoms with Crippen molar-refractivity contribution in [3.05, 3.63) is 47.5 Å². The maximum Gasteiger partial charge on any atom is 0.193 e. The van der Waals surface area contributed by atoms with Gasteiger partial charge in [0.2, 0.25) is 0 Å². The standard InChI is InChI=1S/C21H27N3O3.HI/c1-14(2)27-19-11-15(3)5-6-16(19)13-23-21(22)24-17-7-8-18-20(12-17)26-10-4-9-25-18;/h5-8,11-12,14H,4,9-10,13H2,1-3H3,(H3,22,23,24);1H. The van der Waals surface area contributed by atoms with E-state index in [2.05, 4.69) is 10.3 Å². The van der Waals surface area contributed by atoms with Crippen LogP contribution >= 0.6 is 24.0 Å². The first-order valence-corrected chi connectivity index (χ1v) is 9.24. The summed E-state index contributed by atoms with van der Waals surface area (Å²) in [4.78, 5) is 4.45. The Hall–Kier alpha value is -2.16. The molecule has 1 heterocycles. The Balaban J connectivity index is 0.00000280. The molecule has 0 bridgehead atoms. The lowest BCUT2D eigenvalue weighted by atomic mass is 10.1. The van der Waals surface area contributed by atoms with Crippen LogP contribution in [-0.4, -0.2) is 25.3 Å². The van der Waals surface area contributed by atoms with E-state index < -0.39 is 0 Å². The summed E-state index contributed by atoms with van der Waals surface area (Å²) in [6.07, 6.45) is 0.977. The molecule has 28 heavy (non-hydrogen) atoms. The first kappa shape index (κ1) is 22.1. The lowest BCUT2D eigenvalue weighted by Crippen LogP contribution is -2.22. The molecule has 1 aliphatic rings. The van der Waals surface area contributed by atoms with Gasteiger partial charge in [-0.05, 0) is 44.5 Å². The van der Waals surface area contributed by atoms with Gasteiger partial charge in [-0.15, -0.1) is 24.0 Å². The van der Waals surface area contributed by atoms with Crippen molar-refractivity contribution in [2.24, 2.45) is 10.7 Å². The molecule has 0 saturated heterocycles. The zero-order valence-electron chi connectivity index (χ0n) is 16.5. The molecule has 3 N–H and O–H groups in total. The number of hydrogen-bond acceptors (Lipinski definition) is 4. The van der Waals surface area contributed by atoms with E-state index in [1.807, 2.05) is 57.2 Å². The summed E-state index contributed by atoms with van der Waals surface area (Å²) in [6.45, 7) is 7.81. The van der Waals surface area contributed by atoms with Crippen LogP contribution in [0.25, 0.3) is 0 Å². The van der Waals surface area contributed by atoms with Gasteiger partial charge >= 0.3 is 0 Å². The first-order chi connectivity index (χ1) is 13.0. The minimum atomic E-state index is 0. The van der Waals surface area contributed by atoms with Crippen molar-refractivity contribution in [2.45, 2.75) is 39.8 Å². The van der Waals surface area contributed by atoms with Crippen LogP contribution in [0.2, 0.25) is 0 Å². The molecule has 0 amide bonds. The van der Waals surface area contributed by atoms with E-state index >= 15 is 0 Å². The number of ether oxygens (including phenoxy) is 3. The van der Waals surface area contributed by atoms with Gasteiger partial charge in [-0.1, -0.05) is 12.1 Å². The number of anilines is 1. The van der Waals surface area contributed by atoms with Crippen LogP contribution < -0.4 is 25.3 Å². The number of aryl methyl sites for hydroxylation is 1. The molecule has 0 aliphatic carbocycles. The highest BCUT2D eigenvalue weighted by Gasteiger charge is 2.11. The molecular formula is C21H28IN3O3. The average Bonchev–Trinajstić information content (AvgIpc) is 2.85. The molecule has 2 aromatic carbocycles. The summed E-state index contributed by atoms with van der Waals surface area (Å²) in [6, 6.07) is 11.8. The molecular weight excluding hydrogens is 469 g/mol. The van der Waals surface area contributed by atoms with Gasteiger partial charge < -0.3 is 25.3 Å². The highest BCUT2D eigenvalue weighted by Crippen LogP contribution is 2.32. The van der Waals surface area contributed by atoms with Crippen LogP contribution in [0, 0.1) is 6.92 Å². The summed E-state index contributed by atoms with van der Waals surface area (Å²) >= 11 is 0. The van der Waals surface area contributed by atoms with Gasteiger partial charge in [-0.2, -0.15) is 0 Å². The van der Waals surface area contributed by atoms with Crippen molar-refractivity contribution >= 4 is 35.6 Å². The molecule has 0 aromatic heterocycles. The maximum absolute atomic E-state index is 6.07. The van der Waals surface area contributed by atoms with E-state index in [1.54, 1.807) is 0 Å². The van der Waals surface area contributed by atoms with Gasteiger partial charge in [0.25, 0.3) is 0 Å². The molecule has 2 aromatic rings. The van der Waals surface area contributed by atoms with E-state index in [-0.39, 0.29) is 30.1 Å². The van der Waals surface area contributed by atoms with Crippen LogP contribution in [-0.2, 0) is 6.54 Å². The Labute approximate surface area is 183 Å². The predicted octanol–water partition coefficient (Wildman–Crippen LogP) is 4.49. The number of rotatable bonds is 5. The van der Waals surface area contributed by atoms with Crippen LogP contribution in [0.1, 0.15) is 31.4 Å². The summed E-state index contributed by atoms with van der Waals surface area (Å²) in [5.41, 5.74) is 9.02. The Bertz CT molecular complexity index is 825. The third-order valence-corrected chi connectivity index (χ3v) is 4.03. The summed E-state index contributed by atoms with van der Waals surface area (Å²) in [5.74, 6) is 2.65. The van der Waals surface area contributed by atoms with Crippen LogP contribution in [0.5, 0.6) is 17.2 Å². The molecule has 152 valence electrons. The van der Waals surface area contributed by atoms with Gasteiger partial charge in [0.1, 0.15) is 5.75 Å². The normalized spacial score (nSPS) is 13.5. The Morgan fingerprint density at radius 1 is 1.14 bits per heavy atom. The smallest absolute Gasteiger partial charge is 0.193 e. The minimum absolute atomic E-state index is 0. The average molecular weight is 497 g/mol. The van der Waals surface area contributed by atoms with Crippen molar-refractivity contribution < 1.29 is 14.2 Å². The number of nitrogens with one attached hydrogen (secondary N) is 1. The van der Waals surface area contributed by atoms with Gasteiger partial charge in [0.15, 0.2) is 17.5 Å². The van der Waals surface area contributed by atoms with Crippen molar-refractivity contribution in [3.8, 4) is 17.2 Å². The van der Waals surface area contributed by atoms with Gasteiger partial charge in [-0.25, -0.2) is 4.99 Å². The maximum atomic E-state index is 6.07. The minimum Gasteiger partial charge on any atom is -0.491 e. The summed E-state index contributed by atoms with van der Waals surface area (Å²) in [5, 5.41) is 3.11. The van der Waals surface area contributed by atoms with Gasteiger partial charge in [0, 0.05) is 23.7 Å². The molecule has 0 fully saturated rings. The molecule has 0 unspecified atom stereocenters. The van der Waals surface area contributed by atoms with Crippen molar-refractivity contribution in [2.75, 3.05) is 18.5 Å². The lowest BCUT2D eigenvalue weighted by Gasteiger charge is -2.14. The monoisotopic (exact) mass is 497 g/mol. The number of nitrogens with two attached hydrogens (primary N) is 1. The first-order valence-electron chi connectivity index (χ1n) is 9.24. The third-order valence-electron chi connectivity index (χ3n) is 4.03. The second-order valence-electron chi connectivity index (χ2n) is 6.82. The number of halogens is 1. The Morgan fingerprint density at radius 2 is 1.89 bits per heavy atom. The van der Waals surface area contributed by atoms with Crippen LogP contribution in [0.4, 0.5) is 5.69 Å². The Kier molecular flexibility index (Phi) is 8.22. The highest BCUT2D eigenvalue weighted by molar-refractivity contribution is 14.0. The zero-order chi connectivity index (χ0) is 19.2. The summed E-state index contributed by atoms with van der Waals surface area (Å²) in [7, 11) is 0. The fourth-order valence-electron chi connectivity index (χ4n) is 2.75. The fourth-order valence-corrected chi connectivity index (χ4v) is 2.75. The number of aliphatic imine (C=N–C) groups is 1. The summed E-state index contributed by atoms with van der Waals surface area (Å²) < 4.78 is 17.2. The number of benzene rings is 2. The second kappa shape index (κ2) is 10.4. The number of fused-ring (bicyclic) bond motifs is 1. The van der Waals surface area contributed by atoms with Crippen LogP contribution in [0.3, 0.4) is 0 Å². The molecule has 0 saturated carbocycles. The number of nitrogens with zero attached hydrogens (tertiary/aromatic N) is 1. The molecule has 7 heteroatoms. The van der Waals surface area contributed by atoms with Crippen molar-refractivity contribution in [1.29, 1.82) is 0 Å². The van der Waals surface area contributed by atoms with E-state index in [0.717, 1.165) is 40.5 Å². The third kappa shape index (κ3) is 6.19. The largest absolute Gasteiger partial charge is 0.491 e. The predicted molar refractivity (Wildman–Crippen MR) is 123 cm³/mol. The van der Waals surface area contributed by atoms with Crippen LogP contribution in [0.15, 0.2) is 41.4 Å². The number of guanidine groups is 1. The SMILES string of the molecule is Cc1ccc(CN=C(N)Nc2ccc3c(c2)OCCCO3)c(OC(C)C)c1.I. The van der Waals surface area contributed by atoms with E-state index in [4.69, 9.17) is 19.9 Å². The molecule has 0 spiro atoms. The van der Waals surface area contributed by atoms with Gasteiger partial charge in [-0.3, -0.25) is 0 Å². The van der Waals surface area contributed by atoms with Crippen molar-refractivity contribution in [1.82, 2.24) is 0 Å². The Morgan fingerprint density at radius 3 is 2.64 bits per heavy atom. The van der Waals surface area contributed by atoms with E-state index in [9.17, 15) is 0 Å². The molecule has 0 radical (unpaired) electrons. The van der Waals surface area contributed by atoms with Crippen molar-refractivity contribution in [3.63, 3.8) is 0 Å².